The normalized spacial score (nSPS) is 16.1. The highest BCUT2D eigenvalue weighted by atomic mass is 16.5. The number of rotatable bonds is 7. The number of benzene rings is 2. The SMILES string of the molecule is CN=C(NCC(c1ccc(C)cc1)N1CCOCC1)Nc1ccc(OC)c(OC)c1. The van der Waals surface area contributed by atoms with Crippen LogP contribution in [0.2, 0.25) is 0 Å². The Bertz CT molecular complexity index is 833. The Hall–Kier alpha value is -2.77. The summed E-state index contributed by atoms with van der Waals surface area (Å²) in [5.74, 6) is 2.06. The van der Waals surface area contributed by atoms with Crippen molar-refractivity contribution in [1.29, 1.82) is 0 Å². The summed E-state index contributed by atoms with van der Waals surface area (Å²) in [7, 11) is 5.03. The maximum Gasteiger partial charge on any atom is 0.195 e. The summed E-state index contributed by atoms with van der Waals surface area (Å²) in [6.07, 6.45) is 0. The standard InChI is InChI=1S/C23H32N4O3/c1-17-5-7-18(8-6-17)20(27-11-13-30-14-12-27)16-25-23(24-2)26-19-9-10-21(28-3)22(15-19)29-4/h5-10,15,20H,11-14,16H2,1-4H3,(H2,24,25,26). The van der Waals surface area contributed by atoms with Gasteiger partial charge in [0, 0.05) is 38.4 Å². The van der Waals surface area contributed by atoms with Crippen LogP contribution in [0.1, 0.15) is 17.2 Å². The molecular weight excluding hydrogens is 380 g/mol. The van der Waals surface area contributed by atoms with Crippen molar-refractivity contribution in [3.63, 3.8) is 0 Å². The molecule has 1 saturated heterocycles. The molecule has 2 aromatic carbocycles. The molecule has 1 aliphatic heterocycles. The summed E-state index contributed by atoms with van der Waals surface area (Å²) in [6, 6.07) is 14.7. The van der Waals surface area contributed by atoms with Crippen molar-refractivity contribution >= 4 is 11.6 Å². The Morgan fingerprint density at radius 1 is 1.07 bits per heavy atom. The van der Waals surface area contributed by atoms with E-state index in [9.17, 15) is 0 Å². The van der Waals surface area contributed by atoms with Crippen molar-refractivity contribution in [2.24, 2.45) is 4.99 Å². The number of methoxy groups -OCH3 is 2. The fourth-order valence-corrected chi connectivity index (χ4v) is 3.56. The largest absolute Gasteiger partial charge is 0.493 e. The minimum atomic E-state index is 0.235. The number of anilines is 1. The lowest BCUT2D eigenvalue weighted by molar-refractivity contribution is 0.0170. The smallest absolute Gasteiger partial charge is 0.195 e. The van der Waals surface area contributed by atoms with E-state index in [1.54, 1.807) is 21.3 Å². The van der Waals surface area contributed by atoms with E-state index in [0.717, 1.165) is 38.5 Å². The van der Waals surface area contributed by atoms with Crippen LogP contribution in [0.5, 0.6) is 11.5 Å². The van der Waals surface area contributed by atoms with E-state index < -0.39 is 0 Å². The molecule has 0 amide bonds. The summed E-state index contributed by atoms with van der Waals surface area (Å²) in [5.41, 5.74) is 3.42. The molecule has 1 heterocycles. The predicted octanol–water partition coefficient (Wildman–Crippen LogP) is 3.07. The van der Waals surface area contributed by atoms with Gasteiger partial charge in [-0.2, -0.15) is 0 Å². The molecule has 0 bridgehead atoms. The first kappa shape index (κ1) is 21.9. The summed E-state index contributed by atoms with van der Waals surface area (Å²) < 4.78 is 16.3. The molecule has 1 unspecified atom stereocenters. The third kappa shape index (κ3) is 5.64. The third-order valence-electron chi connectivity index (χ3n) is 5.28. The van der Waals surface area contributed by atoms with Crippen molar-refractivity contribution in [3.05, 3.63) is 53.6 Å². The van der Waals surface area contributed by atoms with Crippen LogP contribution in [-0.2, 0) is 4.74 Å². The van der Waals surface area contributed by atoms with E-state index >= 15 is 0 Å². The number of morpholine rings is 1. The highest BCUT2D eigenvalue weighted by Gasteiger charge is 2.23. The number of hydrogen-bond donors (Lipinski definition) is 2. The molecule has 30 heavy (non-hydrogen) atoms. The summed E-state index contributed by atoms with van der Waals surface area (Å²) in [5, 5.41) is 6.81. The van der Waals surface area contributed by atoms with Crippen LogP contribution in [0.25, 0.3) is 0 Å². The second-order valence-electron chi connectivity index (χ2n) is 7.22. The van der Waals surface area contributed by atoms with Crippen LogP contribution in [0.3, 0.4) is 0 Å². The van der Waals surface area contributed by atoms with Crippen LogP contribution < -0.4 is 20.1 Å². The van der Waals surface area contributed by atoms with Crippen molar-refractivity contribution in [1.82, 2.24) is 10.2 Å². The summed E-state index contributed by atoms with van der Waals surface area (Å²) in [6.45, 7) is 6.21. The Kier molecular flexibility index (Phi) is 7.93. The quantitative estimate of drug-likeness (QED) is 0.538. The first-order valence-corrected chi connectivity index (χ1v) is 10.2. The molecule has 1 atom stereocenters. The van der Waals surface area contributed by atoms with Gasteiger partial charge in [-0.05, 0) is 24.6 Å². The van der Waals surface area contributed by atoms with Gasteiger partial charge >= 0.3 is 0 Å². The maximum absolute atomic E-state index is 5.55. The van der Waals surface area contributed by atoms with Gasteiger partial charge in [-0.15, -0.1) is 0 Å². The Morgan fingerprint density at radius 3 is 2.40 bits per heavy atom. The fraction of sp³-hybridized carbons (Fsp3) is 0.435. The van der Waals surface area contributed by atoms with Gasteiger partial charge in [-0.3, -0.25) is 9.89 Å². The van der Waals surface area contributed by atoms with Crippen LogP contribution in [0, 0.1) is 6.92 Å². The van der Waals surface area contributed by atoms with Crippen LogP contribution in [0.15, 0.2) is 47.5 Å². The lowest BCUT2D eigenvalue weighted by Gasteiger charge is -2.35. The van der Waals surface area contributed by atoms with E-state index in [1.165, 1.54) is 11.1 Å². The van der Waals surface area contributed by atoms with Crippen molar-refractivity contribution in [2.75, 3.05) is 59.4 Å². The average Bonchev–Trinajstić information content (AvgIpc) is 2.80. The Morgan fingerprint density at radius 2 is 1.77 bits per heavy atom. The van der Waals surface area contributed by atoms with Crippen molar-refractivity contribution in [2.45, 2.75) is 13.0 Å². The van der Waals surface area contributed by atoms with Gasteiger partial charge in [0.25, 0.3) is 0 Å². The molecule has 0 radical (unpaired) electrons. The summed E-state index contributed by atoms with van der Waals surface area (Å²) >= 11 is 0. The van der Waals surface area contributed by atoms with Crippen molar-refractivity contribution in [3.8, 4) is 11.5 Å². The highest BCUT2D eigenvalue weighted by molar-refractivity contribution is 5.93. The zero-order chi connectivity index (χ0) is 21.3. The van der Waals surface area contributed by atoms with E-state index in [0.29, 0.717) is 17.5 Å². The maximum atomic E-state index is 5.55. The molecule has 3 rings (SSSR count). The number of guanidine groups is 1. The number of nitrogens with one attached hydrogen (secondary N) is 2. The molecule has 7 heteroatoms. The average molecular weight is 413 g/mol. The van der Waals surface area contributed by atoms with Crippen molar-refractivity contribution < 1.29 is 14.2 Å². The molecule has 0 spiro atoms. The van der Waals surface area contributed by atoms with Gasteiger partial charge in [-0.1, -0.05) is 29.8 Å². The Labute approximate surface area is 179 Å². The van der Waals surface area contributed by atoms with Gasteiger partial charge in [0.1, 0.15) is 0 Å². The molecule has 162 valence electrons. The number of nitrogens with zero attached hydrogens (tertiary/aromatic N) is 2. The molecular formula is C23H32N4O3. The second-order valence-corrected chi connectivity index (χ2v) is 7.22. The van der Waals surface area contributed by atoms with Gasteiger partial charge in [0.05, 0.1) is 33.5 Å². The number of aliphatic imine (C=N–C) groups is 1. The van der Waals surface area contributed by atoms with Gasteiger partial charge < -0.3 is 24.8 Å². The topological polar surface area (TPSA) is 67.4 Å². The molecule has 0 aliphatic carbocycles. The lowest BCUT2D eigenvalue weighted by Crippen LogP contribution is -2.44. The fourth-order valence-electron chi connectivity index (χ4n) is 3.56. The molecule has 7 nitrogen and oxygen atoms in total. The third-order valence-corrected chi connectivity index (χ3v) is 5.28. The first-order valence-electron chi connectivity index (χ1n) is 10.2. The predicted molar refractivity (Wildman–Crippen MR) is 121 cm³/mol. The van der Waals surface area contributed by atoms with E-state index in [1.807, 2.05) is 18.2 Å². The number of ether oxygens (including phenoxy) is 3. The lowest BCUT2D eigenvalue weighted by atomic mass is 10.0. The Balaban J connectivity index is 1.70. The molecule has 2 aromatic rings. The first-order chi connectivity index (χ1) is 14.6. The monoisotopic (exact) mass is 412 g/mol. The number of aryl methyl sites for hydroxylation is 1. The van der Waals surface area contributed by atoms with Crippen LogP contribution in [0.4, 0.5) is 5.69 Å². The minimum Gasteiger partial charge on any atom is -0.493 e. The zero-order valence-corrected chi connectivity index (χ0v) is 18.3. The minimum absolute atomic E-state index is 0.235. The van der Waals surface area contributed by atoms with Crippen LogP contribution in [-0.4, -0.2) is 65.0 Å². The highest BCUT2D eigenvalue weighted by Crippen LogP contribution is 2.29. The molecule has 0 saturated carbocycles. The second kappa shape index (κ2) is 10.8. The van der Waals surface area contributed by atoms with Gasteiger partial charge in [0.15, 0.2) is 17.5 Å². The van der Waals surface area contributed by atoms with E-state index in [4.69, 9.17) is 14.2 Å². The van der Waals surface area contributed by atoms with E-state index in [2.05, 4.69) is 51.7 Å². The van der Waals surface area contributed by atoms with Crippen LogP contribution >= 0.6 is 0 Å². The van der Waals surface area contributed by atoms with E-state index in [-0.39, 0.29) is 6.04 Å². The number of hydrogen-bond acceptors (Lipinski definition) is 5. The molecule has 2 N–H and O–H groups in total. The molecule has 0 aromatic heterocycles. The molecule has 1 aliphatic rings. The zero-order valence-electron chi connectivity index (χ0n) is 18.3. The van der Waals surface area contributed by atoms with Gasteiger partial charge in [0.2, 0.25) is 0 Å². The summed E-state index contributed by atoms with van der Waals surface area (Å²) in [4.78, 5) is 6.85. The molecule has 1 fully saturated rings. The van der Waals surface area contributed by atoms with Gasteiger partial charge in [-0.25, -0.2) is 0 Å².